The monoisotopic (exact) mass is 346 g/mol. The zero-order valence-electron chi connectivity index (χ0n) is 12.6. The van der Waals surface area contributed by atoms with Crippen LogP contribution >= 0.6 is 11.6 Å². The van der Waals surface area contributed by atoms with E-state index in [-0.39, 0.29) is 39.7 Å². The van der Waals surface area contributed by atoms with Crippen LogP contribution < -0.4 is 0 Å². The molecule has 0 bridgehead atoms. The average Bonchev–Trinajstić information content (AvgIpc) is 2.55. The van der Waals surface area contributed by atoms with E-state index in [0.29, 0.717) is 5.39 Å². The number of fused-ring (bicyclic) bond motifs is 1. The standard InChI is InChI=1S/C17H12ClFN2O3/c1-24-8-13-14(17(22)23)15-9(7-20-13)6-11(18)16(21-15)10-4-2-3-5-12(10)19/h2-7H,8H2,1H3,(H,22,23). The van der Waals surface area contributed by atoms with Crippen molar-refractivity contribution in [2.24, 2.45) is 0 Å². The van der Waals surface area contributed by atoms with E-state index in [9.17, 15) is 14.3 Å². The van der Waals surface area contributed by atoms with Crippen LogP contribution in [0.3, 0.4) is 0 Å². The minimum Gasteiger partial charge on any atom is -0.478 e. The van der Waals surface area contributed by atoms with E-state index < -0.39 is 11.8 Å². The highest BCUT2D eigenvalue weighted by Crippen LogP contribution is 2.32. The summed E-state index contributed by atoms with van der Waals surface area (Å²) in [6.45, 7) is 0.0247. The number of methoxy groups -OCH3 is 1. The highest BCUT2D eigenvalue weighted by Gasteiger charge is 2.20. The van der Waals surface area contributed by atoms with Crippen molar-refractivity contribution >= 4 is 28.5 Å². The summed E-state index contributed by atoms with van der Waals surface area (Å²) in [4.78, 5) is 20.1. The van der Waals surface area contributed by atoms with Crippen molar-refractivity contribution < 1.29 is 19.0 Å². The summed E-state index contributed by atoms with van der Waals surface area (Å²) in [7, 11) is 1.44. The molecule has 5 nitrogen and oxygen atoms in total. The summed E-state index contributed by atoms with van der Waals surface area (Å²) in [6.07, 6.45) is 1.47. The first kappa shape index (κ1) is 16.3. The Kier molecular flexibility index (Phi) is 4.42. The van der Waals surface area contributed by atoms with E-state index in [0.717, 1.165) is 0 Å². The molecule has 3 aromatic rings. The summed E-state index contributed by atoms with van der Waals surface area (Å²) in [5.41, 5.74) is 0.729. The number of carboxylic acid groups (broad SMARTS) is 1. The van der Waals surface area contributed by atoms with Gasteiger partial charge in [0, 0.05) is 24.3 Å². The number of rotatable bonds is 4. The maximum Gasteiger partial charge on any atom is 0.339 e. The largest absolute Gasteiger partial charge is 0.478 e. The van der Waals surface area contributed by atoms with E-state index in [1.54, 1.807) is 12.1 Å². The van der Waals surface area contributed by atoms with Gasteiger partial charge >= 0.3 is 5.97 Å². The molecule has 1 N–H and O–H groups in total. The van der Waals surface area contributed by atoms with Gasteiger partial charge in [0.05, 0.1) is 28.5 Å². The molecular weight excluding hydrogens is 335 g/mol. The van der Waals surface area contributed by atoms with Crippen LogP contribution in [0, 0.1) is 5.82 Å². The summed E-state index contributed by atoms with van der Waals surface area (Å²) in [6, 6.07) is 7.56. The van der Waals surface area contributed by atoms with Gasteiger partial charge in [0.2, 0.25) is 0 Å². The Bertz CT molecular complexity index is 947. The lowest BCUT2D eigenvalue weighted by molar-refractivity contribution is 0.0693. The zero-order chi connectivity index (χ0) is 17.3. The molecule has 0 aliphatic rings. The van der Waals surface area contributed by atoms with Crippen LogP contribution in [0.5, 0.6) is 0 Å². The van der Waals surface area contributed by atoms with E-state index in [4.69, 9.17) is 16.3 Å². The summed E-state index contributed by atoms with van der Waals surface area (Å²) < 4.78 is 19.1. The van der Waals surface area contributed by atoms with Crippen LogP contribution in [0.15, 0.2) is 36.5 Å². The summed E-state index contributed by atoms with van der Waals surface area (Å²) in [5.74, 6) is -1.68. The number of aromatic nitrogens is 2. The number of benzene rings is 1. The number of hydrogen-bond donors (Lipinski definition) is 1. The number of halogens is 2. The third-order valence-electron chi connectivity index (χ3n) is 3.51. The molecule has 2 aromatic heterocycles. The number of carbonyl (C=O) groups is 1. The number of ether oxygens (including phenoxy) is 1. The molecule has 3 rings (SSSR count). The van der Waals surface area contributed by atoms with Crippen molar-refractivity contribution in [3.05, 3.63) is 58.6 Å². The van der Waals surface area contributed by atoms with Gasteiger partial charge < -0.3 is 9.84 Å². The van der Waals surface area contributed by atoms with Crippen LogP contribution in [0.1, 0.15) is 16.1 Å². The van der Waals surface area contributed by atoms with E-state index in [1.807, 2.05) is 0 Å². The molecule has 0 amide bonds. The first-order chi connectivity index (χ1) is 11.5. The van der Waals surface area contributed by atoms with E-state index >= 15 is 0 Å². The molecule has 0 radical (unpaired) electrons. The van der Waals surface area contributed by atoms with Crippen molar-refractivity contribution in [1.82, 2.24) is 9.97 Å². The molecule has 0 aliphatic heterocycles. The van der Waals surface area contributed by atoms with Crippen LogP contribution in [0.2, 0.25) is 5.02 Å². The Morgan fingerprint density at radius 3 is 2.79 bits per heavy atom. The van der Waals surface area contributed by atoms with Crippen LogP contribution in [0.4, 0.5) is 4.39 Å². The van der Waals surface area contributed by atoms with Gasteiger partial charge in [-0.05, 0) is 18.2 Å². The molecule has 7 heteroatoms. The highest BCUT2D eigenvalue weighted by atomic mass is 35.5. The molecule has 0 fully saturated rings. The predicted octanol–water partition coefficient (Wildman–Crippen LogP) is 3.93. The molecule has 0 aliphatic carbocycles. The predicted molar refractivity (Wildman–Crippen MR) is 87.6 cm³/mol. The minimum absolute atomic E-state index is 0.0247. The smallest absolute Gasteiger partial charge is 0.339 e. The van der Waals surface area contributed by atoms with Gasteiger partial charge in [-0.3, -0.25) is 4.98 Å². The molecule has 122 valence electrons. The molecule has 0 spiro atoms. The number of carboxylic acids is 1. The topological polar surface area (TPSA) is 72.3 Å². The number of aromatic carboxylic acids is 1. The zero-order valence-corrected chi connectivity index (χ0v) is 13.3. The maximum atomic E-state index is 14.1. The third-order valence-corrected chi connectivity index (χ3v) is 3.80. The Hall–Kier alpha value is -2.57. The fourth-order valence-corrected chi connectivity index (χ4v) is 2.72. The second-order valence-electron chi connectivity index (χ2n) is 5.05. The molecule has 24 heavy (non-hydrogen) atoms. The van der Waals surface area contributed by atoms with Crippen molar-refractivity contribution in [2.45, 2.75) is 6.61 Å². The first-order valence-electron chi connectivity index (χ1n) is 6.98. The van der Waals surface area contributed by atoms with Crippen molar-refractivity contribution in [1.29, 1.82) is 0 Å². The molecule has 0 saturated carbocycles. The minimum atomic E-state index is -1.19. The first-order valence-corrected chi connectivity index (χ1v) is 7.36. The summed E-state index contributed by atoms with van der Waals surface area (Å²) >= 11 is 6.21. The molecule has 0 atom stereocenters. The molecular formula is C17H12ClFN2O3. The molecule has 0 unspecified atom stereocenters. The normalized spacial score (nSPS) is 11.0. The quantitative estimate of drug-likeness (QED) is 0.774. The number of nitrogens with zero attached hydrogens (tertiary/aromatic N) is 2. The number of hydrogen-bond acceptors (Lipinski definition) is 4. The van der Waals surface area contributed by atoms with E-state index in [2.05, 4.69) is 9.97 Å². The van der Waals surface area contributed by atoms with Gasteiger partial charge in [0.25, 0.3) is 0 Å². The number of pyridine rings is 2. The Morgan fingerprint density at radius 2 is 2.12 bits per heavy atom. The SMILES string of the molecule is COCc1ncc2cc(Cl)c(-c3ccccc3F)nc2c1C(=O)O. The van der Waals surface area contributed by atoms with Gasteiger partial charge in [-0.1, -0.05) is 23.7 Å². The second-order valence-corrected chi connectivity index (χ2v) is 5.46. The highest BCUT2D eigenvalue weighted by molar-refractivity contribution is 6.33. The Labute approximate surface area is 141 Å². The van der Waals surface area contributed by atoms with Crippen LogP contribution in [-0.4, -0.2) is 28.2 Å². The second kappa shape index (κ2) is 6.51. The average molecular weight is 347 g/mol. The molecule has 1 aromatic carbocycles. The van der Waals surface area contributed by atoms with E-state index in [1.165, 1.54) is 31.5 Å². The fourth-order valence-electron chi connectivity index (χ4n) is 2.46. The lowest BCUT2D eigenvalue weighted by atomic mass is 10.1. The van der Waals surface area contributed by atoms with Crippen molar-refractivity contribution in [3.8, 4) is 11.3 Å². The van der Waals surface area contributed by atoms with Gasteiger partial charge in [-0.25, -0.2) is 14.2 Å². The van der Waals surface area contributed by atoms with Crippen molar-refractivity contribution in [2.75, 3.05) is 7.11 Å². The van der Waals surface area contributed by atoms with Gasteiger partial charge in [-0.15, -0.1) is 0 Å². The Balaban J connectivity index is 2.34. The van der Waals surface area contributed by atoms with Gasteiger partial charge in [-0.2, -0.15) is 0 Å². The van der Waals surface area contributed by atoms with Crippen LogP contribution in [-0.2, 0) is 11.3 Å². The lowest BCUT2D eigenvalue weighted by Crippen LogP contribution is -2.08. The third kappa shape index (κ3) is 2.81. The fraction of sp³-hybridized carbons (Fsp3) is 0.118. The molecule has 2 heterocycles. The Morgan fingerprint density at radius 1 is 1.38 bits per heavy atom. The van der Waals surface area contributed by atoms with Crippen molar-refractivity contribution in [3.63, 3.8) is 0 Å². The van der Waals surface area contributed by atoms with Crippen LogP contribution in [0.25, 0.3) is 22.2 Å². The summed E-state index contributed by atoms with van der Waals surface area (Å²) in [5, 5.41) is 10.2. The molecule has 0 saturated heterocycles. The maximum absolute atomic E-state index is 14.1. The van der Waals surface area contributed by atoms with Gasteiger partial charge in [0.1, 0.15) is 11.4 Å². The lowest BCUT2D eigenvalue weighted by Gasteiger charge is -2.11. The van der Waals surface area contributed by atoms with Gasteiger partial charge in [0.15, 0.2) is 0 Å².